The summed E-state index contributed by atoms with van der Waals surface area (Å²) in [5, 5.41) is 1.21. The van der Waals surface area contributed by atoms with Crippen LogP contribution in [0.2, 0.25) is 0 Å². The maximum Gasteiger partial charge on any atom is 0.155 e. The Morgan fingerprint density at radius 3 is 2.62 bits per heavy atom. The molecule has 0 unspecified atom stereocenters. The molecule has 5 rings (SSSR count). The van der Waals surface area contributed by atoms with Crippen LogP contribution in [-0.4, -0.2) is 23.9 Å². The fourth-order valence-electron chi connectivity index (χ4n) is 3.25. The molecule has 0 bridgehead atoms. The number of nitrogens with two attached hydrogens (primary N) is 1. The van der Waals surface area contributed by atoms with Crippen molar-refractivity contribution < 1.29 is 0 Å². The van der Waals surface area contributed by atoms with Gasteiger partial charge in [-0.25, -0.2) is 9.97 Å². The highest BCUT2D eigenvalue weighted by Crippen LogP contribution is 2.27. The number of nitrogen functional groups attached to an aromatic ring is 1. The van der Waals surface area contributed by atoms with E-state index in [9.17, 15) is 0 Å². The Labute approximate surface area is 149 Å². The van der Waals surface area contributed by atoms with E-state index in [2.05, 4.69) is 61.4 Å². The Morgan fingerprint density at radius 2 is 1.77 bits per heavy atom. The normalized spacial score (nSPS) is 11.4. The zero-order valence-electron chi connectivity index (χ0n) is 14.2. The first-order valence-corrected chi connectivity index (χ1v) is 8.29. The Bertz CT molecular complexity index is 1250. The summed E-state index contributed by atoms with van der Waals surface area (Å²) in [4.78, 5) is 13.1. The van der Waals surface area contributed by atoms with Gasteiger partial charge in [-0.3, -0.25) is 9.38 Å². The second-order valence-corrected chi connectivity index (χ2v) is 6.32. The average molecular weight is 340 g/mol. The smallest absolute Gasteiger partial charge is 0.155 e. The Morgan fingerprint density at radius 1 is 0.885 bits per heavy atom. The second kappa shape index (κ2) is 5.42. The van der Waals surface area contributed by atoms with Crippen LogP contribution in [0.1, 0.15) is 0 Å². The number of benzene rings is 1. The molecule has 2 N–H and O–H groups in total. The molecule has 4 aromatic heterocycles. The lowest BCUT2D eigenvalue weighted by Gasteiger charge is -2.06. The third-order valence-electron chi connectivity index (χ3n) is 4.66. The molecule has 6 heteroatoms. The van der Waals surface area contributed by atoms with Crippen LogP contribution in [0, 0.1) is 0 Å². The zero-order chi connectivity index (χ0) is 17.7. The van der Waals surface area contributed by atoms with E-state index in [-0.39, 0.29) is 0 Å². The van der Waals surface area contributed by atoms with E-state index in [0.717, 1.165) is 28.2 Å². The van der Waals surface area contributed by atoms with E-state index in [1.807, 2.05) is 18.5 Å². The van der Waals surface area contributed by atoms with E-state index in [4.69, 9.17) is 5.73 Å². The SMILES string of the molecule is Cn1ccc2cc(-c3cnc4cnc(-c5ccc(N)nc5)cn34)ccc21. The summed E-state index contributed by atoms with van der Waals surface area (Å²) >= 11 is 0. The topological polar surface area (TPSA) is 74.0 Å². The third kappa shape index (κ3) is 2.23. The lowest BCUT2D eigenvalue weighted by molar-refractivity contribution is 0.969. The molecule has 0 spiro atoms. The molecule has 0 radical (unpaired) electrons. The summed E-state index contributed by atoms with van der Waals surface area (Å²) < 4.78 is 4.17. The first-order valence-electron chi connectivity index (χ1n) is 8.29. The third-order valence-corrected chi connectivity index (χ3v) is 4.66. The molecule has 0 aliphatic rings. The number of aromatic nitrogens is 5. The largest absolute Gasteiger partial charge is 0.384 e. The van der Waals surface area contributed by atoms with Crippen molar-refractivity contribution in [3.05, 3.63) is 67.4 Å². The molecular formula is C20H16N6. The van der Waals surface area contributed by atoms with Gasteiger partial charge in [-0.1, -0.05) is 6.07 Å². The number of hydrogen-bond acceptors (Lipinski definition) is 4. The predicted molar refractivity (Wildman–Crippen MR) is 103 cm³/mol. The minimum absolute atomic E-state index is 0.495. The molecule has 0 fully saturated rings. The highest BCUT2D eigenvalue weighted by atomic mass is 15.0. The average Bonchev–Trinajstić information content (AvgIpc) is 3.25. The summed E-state index contributed by atoms with van der Waals surface area (Å²) in [6.07, 6.45) is 9.44. The molecule has 6 nitrogen and oxygen atoms in total. The highest BCUT2D eigenvalue weighted by Gasteiger charge is 2.10. The fraction of sp³-hybridized carbons (Fsp3) is 0.0500. The number of aryl methyl sites for hydroxylation is 1. The van der Waals surface area contributed by atoms with E-state index in [1.54, 1.807) is 18.5 Å². The quantitative estimate of drug-likeness (QED) is 0.533. The molecule has 4 heterocycles. The Kier molecular flexibility index (Phi) is 3.05. The van der Waals surface area contributed by atoms with Crippen molar-refractivity contribution in [3.8, 4) is 22.5 Å². The summed E-state index contributed by atoms with van der Waals surface area (Å²) in [6, 6.07) is 12.3. The number of anilines is 1. The molecular weight excluding hydrogens is 324 g/mol. The molecule has 26 heavy (non-hydrogen) atoms. The van der Waals surface area contributed by atoms with E-state index in [1.165, 1.54) is 10.9 Å². The van der Waals surface area contributed by atoms with Crippen LogP contribution in [0.25, 0.3) is 39.1 Å². The number of pyridine rings is 1. The Hall–Kier alpha value is -3.67. The standard InChI is InChI=1S/C20H16N6/c1-25-7-6-14-8-13(2-4-17(14)25)18-10-24-20-11-22-16(12-26(18)20)15-3-5-19(21)23-9-15/h2-12H,1H3,(H2,21,23). The van der Waals surface area contributed by atoms with Gasteiger partial charge in [0.05, 0.1) is 23.8 Å². The monoisotopic (exact) mass is 340 g/mol. The Balaban J connectivity index is 1.67. The number of nitrogens with zero attached hydrogens (tertiary/aromatic N) is 5. The molecule has 0 amide bonds. The van der Waals surface area contributed by atoms with Crippen molar-refractivity contribution in [1.82, 2.24) is 23.9 Å². The zero-order valence-corrected chi connectivity index (χ0v) is 14.2. The van der Waals surface area contributed by atoms with Crippen molar-refractivity contribution in [3.63, 3.8) is 0 Å². The van der Waals surface area contributed by atoms with Gasteiger partial charge in [0.1, 0.15) is 5.82 Å². The number of fused-ring (bicyclic) bond motifs is 2. The van der Waals surface area contributed by atoms with E-state index in [0.29, 0.717) is 5.82 Å². The van der Waals surface area contributed by atoms with Crippen LogP contribution in [0.5, 0.6) is 0 Å². The van der Waals surface area contributed by atoms with Crippen molar-refractivity contribution in [2.45, 2.75) is 0 Å². The van der Waals surface area contributed by atoms with Gasteiger partial charge in [-0.05, 0) is 30.3 Å². The maximum atomic E-state index is 5.68. The highest BCUT2D eigenvalue weighted by molar-refractivity contribution is 5.85. The van der Waals surface area contributed by atoms with Gasteiger partial charge in [0.25, 0.3) is 0 Å². The molecule has 0 saturated heterocycles. The van der Waals surface area contributed by atoms with Crippen LogP contribution in [0.15, 0.2) is 67.4 Å². The molecule has 126 valence electrons. The van der Waals surface area contributed by atoms with Gasteiger partial charge in [0.2, 0.25) is 0 Å². The molecule has 0 atom stereocenters. The predicted octanol–water partition coefficient (Wildman–Crippen LogP) is 3.53. The van der Waals surface area contributed by atoms with Crippen LogP contribution in [0.4, 0.5) is 5.82 Å². The summed E-state index contributed by atoms with van der Waals surface area (Å²) in [6.45, 7) is 0. The number of rotatable bonds is 2. The summed E-state index contributed by atoms with van der Waals surface area (Å²) in [5.41, 5.74) is 11.6. The lowest BCUT2D eigenvalue weighted by atomic mass is 10.1. The van der Waals surface area contributed by atoms with Crippen molar-refractivity contribution >= 4 is 22.4 Å². The maximum absolute atomic E-state index is 5.68. The van der Waals surface area contributed by atoms with Gasteiger partial charge in [-0.15, -0.1) is 0 Å². The van der Waals surface area contributed by atoms with Crippen molar-refractivity contribution in [2.75, 3.05) is 5.73 Å². The van der Waals surface area contributed by atoms with Crippen LogP contribution >= 0.6 is 0 Å². The van der Waals surface area contributed by atoms with Gasteiger partial charge >= 0.3 is 0 Å². The number of imidazole rings is 1. The van der Waals surface area contributed by atoms with Gasteiger partial charge in [-0.2, -0.15) is 0 Å². The van der Waals surface area contributed by atoms with Gasteiger partial charge in [0, 0.05) is 47.7 Å². The fourth-order valence-corrected chi connectivity index (χ4v) is 3.25. The molecule has 1 aromatic carbocycles. The van der Waals surface area contributed by atoms with Gasteiger partial charge < -0.3 is 10.3 Å². The minimum Gasteiger partial charge on any atom is -0.384 e. The van der Waals surface area contributed by atoms with Crippen LogP contribution in [0.3, 0.4) is 0 Å². The van der Waals surface area contributed by atoms with Crippen LogP contribution in [-0.2, 0) is 7.05 Å². The molecule has 5 aromatic rings. The first-order chi connectivity index (χ1) is 12.7. The van der Waals surface area contributed by atoms with E-state index < -0.39 is 0 Å². The van der Waals surface area contributed by atoms with E-state index >= 15 is 0 Å². The molecule has 0 aliphatic carbocycles. The summed E-state index contributed by atoms with van der Waals surface area (Å²) in [5.74, 6) is 0.495. The van der Waals surface area contributed by atoms with Crippen molar-refractivity contribution in [2.24, 2.45) is 7.05 Å². The lowest BCUT2D eigenvalue weighted by Crippen LogP contribution is -1.94. The molecule has 0 saturated carbocycles. The van der Waals surface area contributed by atoms with Crippen LogP contribution < -0.4 is 5.73 Å². The minimum atomic E-state index is 0.495. The summed E-state index contributed by atoms with van der Waals surface area (Å²) in [7, 11) is 2.05. The van der Waals surface area contributed by atoms with Crippen molar-refractivity contribution in [1.29, 1.82) is 0 Å². The second-order valence-electron chi connectivity index (χ2n) is 6.32. The molecule has 0 aliphatic heterocycles. The van der Waals surface area contributed by atoms with Gasteiger partial charge in [0.15, 0.2) is 5.65 Å². The number of hydrogen-bond donors (Lipinski definition) is 1. The first kappa shape index (κ1) is 14.7.